The molecular weight excluding hydrogens is 809 g/mol. The minimum absolute atomic E-state index is 0.216. The van der Waals surface area contributed by atoms with Gasteiger partial charge in [-0.3, -0.25) is 9.59 Å². The van der Waals surface area contributed by atoms with Crippen LogP contribution in [0.5, 0.6) is 0 Å². The third-order valence-electron chi connectivity index (χ3n) is 12.6. The first kappa shape index (κ1) is 60.2. The van der Waals surface area contributed by atoms with Gasteiger partial charge in [0.25, 0.3) is 0 Å². The van der Waals surface area contributed by atoms with Crippen molar-refractivity contribution in [2.24, 2.45) is 0 Å². The van der Waals surface area contributed by atoms with Crippen molar-refractivity contribution < 1.29 is 49.0 Å². The zero-order valence-corrected chi connectivity index (χ0v) is 41.3. The number of hydrogen-bond donors (Lipinski definition) is 4. The molecule has 10 nitrogen and oxygen atoms in total. The van der Waals surface area contributed by atoms with Crippen LogP contribution in [0.25, 0.3) is 0 Å². The molecule has 1 aliphatic heterocycles. The van der Waals surface area contributed by atoms with Gasteiger partial charge in [-0.1, -0.05) is 218 Å². The number of ether oxygens (including phenoxy) is 4. The van der Waals surface area contributed by atoms with Crippen LogP contribution in [0, 0.1) is 0 Å². The van der Waals surface area contributed by atoms with Crippen molar-refractivity contribution in [2.45, 2.75) is 288 Å². The standard InChI is InChI=1S/C54H100O10/c1-3-5-7-9-11-13-15-17-19-21-22-23-24-25-27-28-30-32-34-36-38-40-42-49(56)61-45-47(46-62-54-53(60)52(59)51(58)48(44-55)64-54)63-50(57)43-41-39-37-35-33-31-29-26-20-18-16-14-12-10-8-6-4-2/h12,14,18,20,47-48,51-55,58-60H,3-11,13,15-17,19,21-46H2,1-2H3/b14-12+,20-18+/t47-,48-,51+,52?,53?,54-/m0/s1. The number of hydrogen-bond acceptors (Lipinski definition) is 10. The number of allylic oxidation sites excluding steroid dienone is 4. The van der Waals surface area contributed by atoms with Crippen LogP contribution in [0.4, 0.5) is 0 Å². The molecule has 0 aromatic carbocycles. The summed E-state index contributed by atoms with van der Waals surface area (Å²) >= 11 is 0. The molecular formula is C54H100O10. The maximum Gasteiger partial charge on any atom is 0.306 e. The first-order valence-corrected chi connectivity index (χ1v) is 26.9. The number of aliphatic hydroxyl groups is 4. The average Bonchev–Trinajstić information content (AvgIpc) is 3.29. The normalized spacial score (nSPS) is 19.5. The Morgan fingerprint density at radius 1 is 0.484 bits per heavy atom. The Morgan fingerprint density at radius 3 is 1.33 bits per heavy atom. The molecule has 1 rings (SSSR count). The predicted octanol–water partition coefficient (Wildman–Crippen LogP) is 12.8. The zero-order chi connectivity index (χ0) is 46.6. The van der Waals surface area contributed by atoms with E-state index in [-0.39, 0.29) is 32.0 Å². The molecule has 0 aromatic heterocycles. The van der Waals surface area contributed by atoms with Crippen molar-refractivity contribution in [3.63, 3.8) is 0 Å². The van der Waals surface area contributed by atoms with E-state index in [1.165, 1.54) is 167 Å². The van der Waals surface area contributed by atoms with Crippen molar-refractivity contribution >= 4 is 11.9 Å². The zero-order valence-electron chi connectivity index (χ0n) is 41.3. The van der Waals surface area contributed by atoms with E-state index in [0.717, 1.165) is 51.4 Å². The second-order valence-corrected chi connectivity index (χ2v) is 18.7. The van der Waals surface area contributed by atoms with Gasteiger partial charge in [0.2, 0.25) is 0 Å². The van der Waals surface area contributed by atoms with Crippen molar-refractivity contribution in [1.82, 2.24) is 0 Å². The van der Waals surface area contributed by atoms with Crippen molar-refractivity contribution in [1.29, 1.82) is 0 Å². The van der Waals surface area contributed by atoms with Crippen molar-refractivity contribution in [2.75, 3.05) is 19.8 Å². The molecule has 376 valence electrons. The molecule has 10 heteroatoms. The van der Waals surface area contributed by atoms with E-state index in [9.17, 15) is 30.0 Å². The molecule has 0 saturated carbocycles. The molecule has 1 heterocycles. The van der Waals surface area contributed by atoms with E-state index in [4.69, 9.17) is 18.9 Å². The van der Waals surface area contributed by atoms with Crippen LogP contribution < -0.4 is 0 Å². The largest absolute Gasteiger partial charge is 0.462 e. The summed E-state index contributed by atoms with van der Waals surface area (Å²) in [6, 6.07) is 0. The molecule has 0 aromatic rings. The number of carbonyl (C=O) groups excluding carboxylic acids is 2. The Bertz CT molecular complexity index is 1100. The second kappa shape index (κ2) is 45.0. The Hall–Kier alpha value is -1.82. The molecule has 0 spiro atoms. The van der Waals surface area contributed by atoms with E-state index in [2.05, 4.69) is 38.2 Å². The highest BCUT2D eigenvalue weighted by molar-refractivity contribution is 5.70. The van der Waals surface area contributed by atoms with E-state index >= 15 is 0 Å². The molecule has 0 bridgehead atoms. The van der Waals surface area contributed by atoms with E-state index in [1.807, 2.05) is 0 Å². The van der Waals surface area contributed by atoms with Gasteiger partial charge in [-0.15, -0.1) is 0 Å². The van der Waals surface area contributed by atoms with E-state index in [0.29, 0.717) is 6.42 Å². The first-order valence-electron chi connectivity index (χ1n) is 26.9. The number of unbranched alkanes of at least 4 members (excludes halogenated alkanes) is 31. The summed E-state index contributed by atoms with van der Waals surface area (Å²) < 4.78 is 22.3. The molecule has 6 atom stereocenters. The van der Waals surface area contributed by atoms with Gasteiger partial charge in [-0.25, -0.2) is 0 Å². The molecule has 1 aliphatic rings. The van der Waals surface area contributed by atoms with Gasteiger partial charge >= 0.3 is 11.9 Å². The van der Waals surface area contributed by atoms with Crippen molar-refractivity contribution in [3.8, 4) is 0 Å². The molecule has 2 unspecified atom stereocenters. The summed E-state index contributed by atoms with van der Waals surface area (Å²) in [7, 11) is 0. The summed E-state index contributed by atoms with van der Waals surface area (Å²) in [5.74, 6) is -0.802. The van der Waals surface area contributed by atoms with Crippen LogP contribution in [0.1, 0.15) is 251 Å². The Labute approximate surface area is 392 Å². The monoisotopic (exact) mass is 909 g/mol. The van der Waals surface area contributed by atoms with Crippen LogP contribution in [0.15, 0.2) is 24.3 Å². The Kier molecular flexibility index (Phi) is 42.3. The summed E-state index contributed by atoms with van der Waals surface area (Å²) in [6.45, 7) is 3.44. The van der Waals surface area contributed by atoms with Gasteiger partial charge in [-0.2, -0.15) is 0 Å². The number of carbonyl (C=O) groups is 2. The molecule has 1 saturated heterocycles. The molecule has 0 aliphatic carbocycles. The second-order valence-electron chi connectivity index (χ2n) is 18.7. The lowest BCUT2D eigenvalue weighted by atomic mass is 9.99. The molecule has 1 fully saturated rings. The number of esters is 2. The number of rotatable bonds is 46. The molecule has 4 N–H and O–H groups in total. The minimum atomic E-state index is -1.59. The smallest absolute Gasteiger partial charge is 0.306 e. The summed E-state index contributed by atoms with van der Waals surface area (Å²) in [5, 5.41) is 40.2. The minimum Gasteiger partial charge on any atom is -0.462 e. The summed E-state index contributed by atoms with van der Waals surface area (Å²) in [6.07, 6.45) is 44.7. The predicted molar refractivity (Wildman–Crippen MR) is 261 cm³/mol. The summed E-state index contributed by atoms with van der Waals surface area (Å²) in [4.78, 5) is 25.5. The Morgan fingerprint density at radius 2 is 0.875 bits per heavy atom. The highest BCUT2D eigenvalue weighted by Crippen LogP contribution is 2.23. The van der Waals surface area contributed by atoms with Crippen LogP contribution in [-0.2, 0) is 28.5 Å². The lowest BCUT2D eigenvalue weighted by molar-refractivity contribution is -0.305. The van der Waals surface area contributed by atoms with E-state index < -0.39 is 49.4 Å². The van der Waals surface area contributed by atoms with Gasteiger partial charge < -0.3 is 39.4 Å². The Balaban J connectivity index is 2.22. The van der Waals surface area contributed by atoms with Gasteiger partial charge in [0.1, 0.15) is 31.0 Å². The van der Waals surface area contributed by atoms with Gasteiger partial charge in [-0.05, 0) is 44.9 Å². The SMILES string of the molecule is CCCCC/C=C/C/C=C/CCCCCCCCCC(=O)O[C@@H](COC(=O)CCCCCCCCCCCCCCCCCCCCCCCC)CO[C@H]1O[C@@H](CO)[C@@H](O)C(O)C1O. The van der Waals surface area contributed by atoms with Crippen LogP contribution in [-0.4, -0.2) is 89.0 Å². The molecule has 0 radical (unpaired) electrons. The quantitative estimate of drug-likeness (QED) is 0.0264. The van der Waals surface area contributed by atoms with Gasteiger partial charge in [0.15, 0.2) is 12.4 Å². The third kappa shape index (κ3) is 35.4. The highest BCUT2D eigenvalue weighted by Gasteiger charge is 2.44. The van der Waals surface area contributed by atoms with Gasteiger partial charge in [0.05, 0.1) is 13.2 Å². The third-order valence-corrected chi connectivity index (χ3v) is 12.6. The highest BCUT2D eigenvalue weighted by atomic mass is 16.7. The van der Waals surface area contributed by atoms with Crippen molar-refractivity contribution in [3.05, 3.63) is 24.3 Å². The fourth-order valence-corrected chi connectivity index (χ4v) is 8.34. The average molecular weight is 909 g/mol. The first-order chi connectivity index (χ1) is 31.3. The maximum absolute atomic E-state index is 12.8. The maximum atomic E-state index is 12.8. The summed E-state index contributed by atoms with van der Waals surface area (Å²) in [5.41, 5.74) is 0. The number of aliphatic hydroxyl groups excluding tert-OH is 4. The van der Waals surface area contributed by atoms with E-state index in [1.54, 1.807) is 0 Å². The van der Waals surface area contributed by atoms with Gasteiger partial charge in [0, 0.05) is 12.8 Å². The van der Waals surface area contributed by atoms with Crippen LogP contribution >= 0.6 is 0 Å². The molecule has 64 heavy (non-hydrogen) atoms. The fraction of sp³-hybridized carbons (Fsp3) is 0.889. The topological polar surface area (TPSA) is 152 Å². The lowest BCUT2D eigenvalue weighted by Crippen LogP contribution is -2.59. The van der Waals surface area contributed by atoms with Crippen LogP contribution in [0.3, 0.4) is 0 Å². The fourth-order valence-electron chi connectivity index (χ4n) is 8.34. The molecule has 0 amide bonds. The van der Waals surface area contributed by atoms with Crippen LogP contribution in [0.2, 0.25) is 0 Å². The lowest BCUT2D eigenvalue weighted by Gasteiger charge is -2.39.